The second-order valence-electron chi connectivity index (χ2n) is 10.1. The number of carbonyl (C=O) groups is 2. The number of hydrogen-bond donors (Lipinski definition) is 3. The van der Waals surface area contributed by atoms with E-state index < -0.39 is 47.3 Å². The van der Waals surface area contributed by atoms with Crippen molar-refractivity contribution in [3.05, 3.63) is 0 Å². The Balaban J connectivity index is 3.38. The molecule has 7 nitrogen and oxygen atoms in total. The Morgan fingerprint density at radius 3 is 2.13 bits per heavy atom. The van der Waals surface area contributed by atoms with Crippen molar-refractivity contribution in [1.29, 1.82) is 0 Å². The highest BCUT2D eigenvalue weighted by Gasteiger charge is 2.46. The van der Waals surface area contributed by atoms with Crippen LogP contribution in [-0.2, 0) is 14.3 Å². The quantitative estimate of drug-likeness (QED) is 0.432. The van der Waals surface area contributed by atoms with Gasteiger partial charge in [-0.3, -0.25) is 9.59 Å². The SMILES string of the molecule is CC[C@H]1OC(=O)[C@H](C)C(=O)[C@H](C)C(C)[C@](C)(O)C[C@@H](C)CN(C)[C@H](C)[C@@H](O)[C@]1(C)O. The van der Waals surface area contributed by atoms with Crippen LogP contribution in [0.2, 0.25) is 0 Å². The third kappa shape index (κ3) is 5.81. The normalized spacial score (nSPS) is 46.1. The van der Waals surface area contributed by atoms with Crippen LogP contribution < -0.4 is 0 Å². The van der Waals surface area contributed by atoms with Gasteiger partial charge in [-0.15, -0.1) is 0 Å². The zero-order valence-corrected chi connectivity index (χ0v) is 20.2. The lowest BCUT2D eigenvalue weighted by Crippen LogP contribution is -2.59. The third-order valence-electron chi connectivity index (χ3n) is 7.35. The number of Topliss-reactive ketones (excluding diaryl/α,β-unsaturated/α-hetero) is 1. The second kappa shape index (κ2) is 10.1. The minimum atomic E-state index is -1.69. The smallest absolute Gasteiger partial charge is 0.316 e. The molecular weight excluding hydrogens is 386 g/mol. The number of carbonyl (C=O) groups excluding carboxylic acids is 2. The molecular formula is C23H43NO6. The molecule has 9 atom stereocenters. The van der Waals surface area contributed by atoms with Gasteiger partial charge in [-0.1, -0.05) is 27.7 Å². The monoisotopic (exact) mass is 429 g/mol. The minimum absolute atomic E-state index is 0.0803. The molecule has 1 heterocycles. The summed E-state index contributed by atoms with van der Waals surface area (Å²) in [5.41, 5.74) is -2.78. The van der Waals surface area contributed by atoms with E-state index in [2.05, 4.69) is 0 Å². The van der Waals surface area contributed by atoms with Crippen LogP contribution in [0.25, 0.3) is 0 Å². The van der Waals surface area contributed by atoms with E-state index in [0.29, 0.717) is 19.4 Å². The molecule has 0 aliphatic carbocycles. The second-order valence-corrected chi connectivity index (χ2v) is 10.1. The van der Waals surface area contributed by atoms with E-state index in [0.717, 1.165) is 0 Å². The summed E-state index contributed by atoms with van der Waals surface area (Å²) in [7, 11) is 1.86. The van der Waals surface area contributed by atoms with Gasteiger partial charge in [0.2, 0.25) is 0 Å². The number of hydrogen-bond acceptors (Lipinski definition) is 7. The van der Waals surface area contributed by atoms with Gasteiger partial charge in [-0.05, 0) is 59.4 Å². The first-order valence-electron chi connectivity index (χ1n) is 11.1. The maximum Gasteiger partial charge on any atom is 0.316 e. The zero-order chi connectivity index (χ0) is 23.6. The summed E-state index contributed by atoms with van der Waals surface area (Å²) in [5, 5.41) is 33.1. The predicted octanol–water partition coefficient (Wildman–Crippen LogP) is 2.01. The average molecular weight is 430 g/mol. The highest BCUT2D eigenvalue weighted by molar-refractivity contribution is 5.99. The molecule has 176 valence electrons. The van der Waals surface area contributed by atoms with Crippen LogP contribution in [0.1, 0.15) is 68.2 Å². The van der Waals surface area contributed by atoms with Crippen molar-refractivity contribution in [3.63, 3.8) is 0 Å². The molecule has 1 saturated heterocycles. The lowest BCUT2D eigenvalue weighted by atomic mass is 9.73. The average Bonchev–Trinajstić information content (AvgIpc) is 2.66. The van der Waals surface area contributed by atoms with Crippen LogP contribution in [0.3, 0.4) is 0 Å². The Bertz CT molecular complexity index is 605. The molecule has 0 bridgehead atoms. The van der Waals surface area contributed by atoms with E-state index in [1.165, 1.54) is 13.8 Å². The summed E-state index contributed by atoms with van der Waals surface area (Å²) in [6, 6.07) is -0.416. The van der Waals surface area contributed by atoms with Gasteiger partial charge < -0.3 is 25.0 Å². The minimum Gasteiger partial charge on any atom is -0.459 e. The summed E-state index contributed by atoms with van der Waals surface area (Å²) in [5.74, 6) is -2.85. The number of nitrogens with zero attached hydrogens (tertiary/aromatic N) is 1. The Morgan fingerprint density at radius 2 is 1.63 bits per heavy atom. The van der Waals surface area contributed by atoms with Gasteiger partial charge in [0, 0.05) is 18.5 Å². The zero-order valence-electron chi connectivity index (χ0n) is 20.2. The first-order valence-corrected chi connectivity index (χ1v) is 11.1. The standard InChI is InChI=1S/C23H43NO6/c1-10-18-23(8,29)20(26)17(6)24(9)12-13(2)11-22(7,28)16(5)14(3)19(25)15(4)21(27)30-18/h13-18,20,26,28-29H,10-12H2,1-9H3/t13-,14-,15-,16?,17-,18-,20-,22-,23-/m1/s1. The molecule has 0 spiro atoms. The van der Waals surface area contributed by atoms with Gasteiger partial charge in [0.25, 0.3) is 0 Å². The molecule has 0 radical (unpaired) electrons. The number of rotatable bonds is 1. The van der Waals surface area contributed by atoms with Gasteiger partial charge in [0.15, 0.2) is 0 Å². The summed E-state index contributed by atoms with van der Waals surface area (Å²) < 4.78 is 5.53. The molecule has 0 aromatic carbocycles. The number of likely N-dealkylation sites (N-methyl/N-ethyl adjacent to an activating group) is 1. The maximum absolute atomic E-state index is 13.0. The maximum atomic E-state index is 13.0. The van der Waals surface area contributed by atoms with Crippen LogP contribution in [0.5, 0.6) is 0 Å². The van der Waals surface area contributed by atoms with Crippen molar-refractivity contribution < 1.29 is 29.6 Å². The first-order chi connectivity index (χ1) is 13.6. The summed E-state index contributed by atoms with van der Waals surface area (Å²) in [6.45, 7) is 14.4. The van der Waals surface area contributed by atoms with Crippen molar-refractivity contribution in [2.75, 3.05) is 13.6 Å². The fourth-order valence-electron chi connectivity index (χ4n) is 4.69. The molecule has 30 heavy (non-hydrogen) atoms. The lowest BCUT2D eigenvalue weighted by Gasteiger charge is -2.42. The fourth-order valence-corrected chi connectivity index (χ4v) is 4.69. The fraction of sp³-hybridized carbons (Fsp3) is 0.913. The van der Waals surface area contributed by atoms with Gasteiger partial charge in [-0.2, -0.15) is 0 Å². The van der Waals surface area contributed by atoms with Crippen molar-refractivity contribution >= 4 is 11.8 Å². The number of aliphatic hydroxyl groups excluding tert-OH is 1. The molecule has 1 aliphatic heterocycles. The number of cyclic esters (lactones) is 1. The third-order valence-corrected chi connectivity index (χ3v) is 7.35. The molecule has 0 aromatic rings. The van der Waals surface area contributed by atoms with Crippen molar-refractivity contribution in [1.82, 2.24) is 4.90 Å². The molecule has 0 amide bonds. The van der Waals surface area contributed by atoms with E-state index in [-0.39, 0.29) is 17.6 Å². The largest absolute Gasteiger partial charge is 0.459 e. The lowest BCUT2D eigenvalue weighted by molar-refractivity contribution is -0.189. The Kier molecular flexibility index (Phi) is 9.07. The van der Waals surface area contributed by atoms with E-state index in [9.17, 15) is 24.9 Å². The van der Waals surface area contributed by atoms with Gasteiger partial charge in [0.1, 0.15) is 29.5 Å². The number of esters is 1. The van der Waals surface area contributed by atoms with Crippen molar-refractivity contribution in [3.8, 4) is 0 Å². The molecule has 3 N–H and O–H groups in total. The molecule has 1 unspecified atom stereocenters. The van der Waals surface area contributed by atoms with Gasteiger partial charge in [-0.25, -0.2) is 0 Å². The van der Waals surface area contributed by atoms with Crippen LogP contribution in [0, 0.1) is 23.7 Å². The molecule has 1 rings (SSSR count). The summed E-state index contributed by atoms with van der Waals surface area (Å²) in [4.78, 5) is 27.6. The van der Waals surface area contributed by atoms with Gasteiger partial charge >= 0.3 is 5.97 Å². The molecule has 1 aliphatic rings. The Hall–Kier alpha value is -1.02. The molecule has 1 fully saturated rings. The Labute approximate surface area is 181 Å². The highest BCUT2D eigenvalue weighted by Crippen LogP contribution is 2.34. The topological polar surface area (TPSA) is 107 Å². The number of ether oxygens (including phenoxy) is 1. The molecule has 0 aromatic heterocycles. The number of ketones is 1. The Morgan fingerprint density at radius 1 is 1.10 bits per heavy atom. The van der Waals surface area contributed by atoms with Crippen LogP contribution in [0.15, 0.2) is 0 Å². The predicted molar refractivity (Wildman–Crippen MR) is 116 cm³/mol. The van der Waals surface area contributed by atoms with Crippen LogP contribution in [0.4, 0.5) is 0 Å². The van der Waals surface area contributed by atoms with E-state index >= 15 is 0 Å². The van der Waals surface area contributed by atoms with Crippen LogP contribution >= 0.6 is 0 Å². The molecule has 0 saturated carbocycles. The number of aliphatic hydroxyl groups is 3. The highest BCUT2D eigenvalue weighted by atomic mass is 16.6. The van der Waals surface area contributed by atoms with Crippen molar-refractivity contribution in [2.24, 2.45) is 23.7 Å². The summed E-state index contributed by atoms with van der Waals surface area (Å²) in [6.07, 6.45) is -1.37. The van der Waals surface area contributed by atoms with Crippen molar-refractivity contribution in [2.45, 2.75) is 97.7 Å². The molecule has 7 heteroatoms. The van der Waals surface area contributed by atoms with E-state index in [1.807, 2.05) is 32.7 Å². The van der Waals surface area contributed by atoms with E-state index in [4.69, 9.17) is 4.74 Å². The summed E-state index contributed by atoms with van der Waals surface area (Å²) >= 11 is 0. The van der Waals surface area contributed by atoms with E-state index in [1.54, 1.807) is 20.8 Å². The first kappa shape index (κ1) is 27.0. The van der Waals surface area contributed by atoms with Crippen LogP contribution in [-0.4, -0.2) is 75.0 Å². The van der Waals surface area contributed by atoms with Gasteiger partial charge in [0.05, 0.1) is 5.60 Å².